The van der Waals surface area contributed by atoms with E-state index in [1.807, 2.05) is 0 Å². The van der Waals surface area contributed by atoms with Gasteiger partial charge in [-0.25, -0.2) is 0 Å². The van der Waals surface area contributed by atoms with Crippen LogP contribution in [-0.2, 0) is 28.6 Å². The Bertz CT molecular complexity index is 854. The zero-order valence-corrected chi connectivity index (χ0v) is 37.0. The van der Waals surface area contributed by atoms with Crippen LogP contribution < -0.4 is 0 Å². The SMILES string of the molecule is CCCCCCCCCC/C=C\CCCCCCCCCC(=O)OC[C@@H](COC(=O)CCCCCCCCCCC)OC(=O)CCCCCCCCCCC. The Morgan fingerprint density at radius 3 is 0.909 bits per heavy atom. The number of ether oxygens (including phenoxy) is 3. The number of rotatable bonds is 44. The Kier molecular flexibility index (Phi) is 43.4. The third-order valence-electron chi connectivity index (χ3n) is 10.8. The first-order valence-electron chi connectivity index (χ1n) is 24.2. The van der Waals surface area contributed by atoms with Gasteiger partial charge >= 0.3 is 17.9 Å². The van der Waals surface area contributed by atoms with E-state index in [-0.39, 0.29) is 31.1 Å². The molecule has 0 amide bonds. The second-order valence-electron chi connectivity index (χ2n) is 16.4. The van der Waals surface area contributed by atoms with Crippen molar-refractivity contribution in [1.82, 2.24) is 0 Å². The van der Waals surface area contributed by atoms with Crippen LogP contribution in [0.25, 0.3) is 0 Å². The van der Waals surface area contributed by atoms with Crippen molar-refractivity contribution in [1.29, 1.82) is 0 Å². The van der Waals surface area contributed by atoms with Crippen LogP contribution in [-0.4, -0.2) is 37.2 Å². The summed E-state index contributed by atoms with van der Waals surface area (Å²) in [5.74, 6) is -0.867. The molecule has 0 bridgehead atoms. The van der Waals surface area contributed by atoms with E-state index in [9.17, 15) is 14.4 Å². The van der Waals surface area contributed by atoms with Gasteiger partial charge in [-0.05, 0) is 44.9 Å². The van der Waals surface area contributed by atoms with Crippen LogP contribution in [0.15, 0.2) is 12.2 Å². The van der Waals surface area contributed by atoms with Crippen LogP contribution in [0.3, 0.4) is 0 Å². The van der Waals surface area contributed by atoms with E-state index in [0.717, 1.165) is 57.8 Å². The van der Waals surface area contributed by atoms with Gasteiger partial charge in [0.05, 0.1) is 0 Å². The van der Waals surface area contributed by atoms with Crippen LogP contribution in [0, 0.1) is 0 Å². The molecule has 0 rings (SSSR count). The third-order valence-corrected chi connectivity index (χ3v) is 10.8. The molecule has 0 aliphatic carbocycles. The summed E-state index contributed by atoms with van der Waals surface area (Å²) in [6, 6.07) is 0. The lowest BCUT2D eigenvalue weighted by Crippen LogP contribution is -2.30. The Morgan fingerprint density at radius 1 is 0.345 bits per heavy atom. The highest BCUT2D eigenvalue weighted by atomic mass is 16.6. The van der Waals surface area contributed by atoms with Gasteiger partial charge < -0.3 is 14.2 Å². The minimum absolute atomic E-state index is 0.0674. The van der Waals surface area contributed by atoms with E-state index in [1.54, 1.807) is 0 Å². The fraction of sp³-hybridized carbons (Fsp3) is 0.898. The van der Waals surface area contributed by atoms with Crippen molar-refractivity contribution in [3.63, 3.8) is 0 Å². The predicted molar refractivity (Wildman–Crippen MR) is 233 cm³/mol. The molecule has 0 aromatic carbocycles. The molecule has 0 radical (unpaired) electrons. The molecule has 0 aliphatic heterocycles. The zero-order valence-electron chi connectivity index (χ0n) is 37.0. The second kappa shape index (κ2) is 44.9. The summed E-state index contributed by atoms with van der Waals surface area (Å²) in [6.45, 7) is 6.61. The smallest absolute Gasteiger partial charge is 0.306 e. The summed E-state index contributed by atoms with van der Waals surface area (Å²) in [5.41, 5.74) is 0. The average Bonchev–Trinajstić information content (AvgIpc) is 3.18. The van der Waals surface area contributed by atoms with E-state index >= 15 is 0 Å². The van der Waals surface area contributed by atoms with Gasteiger partial charge in [0.2, 0.25) is 0 Å². The van der Waals surface area contributed by atoms with Gasteiger partial charge in [-0.2, -0.15) is 0 Å². The molecule has 0 aromatic rings. The van der Waals surface area contributed by atoms with Crippen LogP contribution >= 0.6 is 0 Å². The largest absolute Gasteiger partial charge is 0.462 e. The summed E-state index contributed by atoms with van der Waals surface area (Å²) in [4.78, 5) is 37.7. The number of esters is 3. The van der Waals surface area contributed by atoms with Gasteiger partial charge in [0, 0.05) is 19.3 Å². The van der Waals surface area contributed by atoms with Crippen LogP contribution in [0.2, 0.25) is 0 Å². The van der Waals surface area contributed by atoms with Crippen molar-refractivity contribution in [2.24, 2.45) is 0 Å². The lowest BCUT2D eigenvalue weighted by atomic mass is 10.1. The number of unbranched alkanes of at least 4 members (excludes halogenated alkanes) is 31. The summed E-state index contributed by atoms with van der Waals surface area (Å²) in [6.07, 6.45) is 47.8. The van der Waals surface area contributed by atoms with Crippen molar-refractivity contribution in [2.75, 3.05) is 13.2 Å². The van der Waals surface area contributed by atoms with Crippen molar-refractivity contribution in [2.45, 2.75) is 271 Å². The maximum absolute atomic E-state index is 12.7. The summed E-state index contributed by atoms with van der Waals surface area (Å²) < 4.78 is 16.7. The molecule has 0 saturated heterocycles. The highest BCUT2D eigenvalue weighted by molar-refractivity contribution is 5.71. The highest BCUT2D eigenvalue weighted by Gasteiger charge is 2.19. The molecular weight excluding hydrogens is 685 g/mol. The predicted octanol–water partition coefficient (Wildman–Crippen LogP) is 15.4. The van der Waals surface area contributed by atoms with Crippen LogP contribution in [0.1, 0.15) is 265 Å². The first kappa shape index (κ1) is 53.1. The minimum Gasteiger partial charge on any atom is -0.462 e. The molecule has 1 atom stereocenters. The van der Waals surface area contributed by atoms with Crippen molar-refractivity contribution in [3.8, 4) is 0 Å². The molecule has 0 heterocycles. The summed E-state index contributed by atoms with van der Waals surface area (Å²) >= 11 is 0. The molecule has 6 heteroatoms. The van der Waals surface area contributed by atoms with Crippen molar-refractivity contribution in [3.05, 3.63) is 12.2 Å². The fourth-order valence-electron chi connectivity index (χ4n) is 7.08. The molecule has 0 saturated carbocycles. The molecule has 0 fully saturated rings. The minimum atomic E-state index is -0.762. The van der Waals surface area contributed by atoms with Gasteiger partial charge in [-0.3, -0.25) is 14.4 Å². The number of hydrogen-bond acceptors (Lipinski definition) is 6. The quantitative estimate of drug-likeness (QED) is 0.0265. The second-order valence-corrected chi connectivity index (χ2v) is 16.4. The standard InChI is InChI=1S/C49H92O6/c1-4-7-10-13-16-19-20-21-22-23-24-25-26-27-28-31-33-36-39-42-48(51)54-45-46(55-49(52)43-40-37-34-30-18-15-12-9-6-3)44-53-47(50)41-38-35-32-29-17-14-11-8-5-2/h23-24,46H,4-22,25-45H2,1-3H3/b24-23-/t46-/m1/s1. The normalized spacial score (nSPS) is 12.0. The van der Waals surface area contributed by atoms with E-state index in [2.05, 4.69) is 32.9 Å². The Balaban J connectivity index is 4.20. The average molecular weight is 777 g/mol. The zero-order chi connectivity index (χ0) is 40.1. The summed E-state index contributed by atoms with van der Waals surface area (Å²) in [5, 5.41) is 0. The third kappa shape index (κ3) is 43.1. The number of carbonyl (C=O) groups excluding carboxylic acids is 3. The molecule has 324 valence electrons. The molecule has 6 nitrogen and oxygen atoms in total. The molecule has 0 unspecified atom stereocenters. The van der Waals surface area contributed by atoms with Gasteiger partial charge in [0.15, 0.2) is 6.10 Å². The first-order valence-corrected chi connectivity index (χ1v) is 24.2. The topological polar surface area (TPSA) is 78.9 Å². The number of hydrogen-bond donors (Lipinski definition) is 0. The maximum atomic E-state index is 12.7. The summed E-state index contributed by atoms with van der Waals surface area (Å²) in [7, 11) is 0. The number of allylic oxidation sites excluding steroid dienone is 2. The van der Waals surface area contributed by atoms with Crippen molar-refractivity contribution < 1.29 is 28.6 Å². The Morgan fingerprint density at radius 2 is 0.600 bits per heavy atom. The molecule has 0 spiro atoms. The molecule has 0 aromatic heterocycles. The Labute approximate surface area is 341 Å². The Hall–Kier alpha value is -1.85. The van der Waals surface area contributed by atoms with Gasteiger partial charge in [-0.15, -0.1) is 0 Å². The molecular formula is C49H92O6. The first-order chi connectivity index (χ1) is 27.0. The van der Waals surface area contributed by atoms with E-state index in [4.69, 9.17) is 14.2 Å². The van der Waals surface area contributed by atoms with Crippen LogP contribution in [0.5, 0.6) is 0 Å². The van der Waals surface area contributed by atoms with Crippen LogP contribution in [0.4, 0.5) is 0 Å². The van der Waals surface area contributed by atoms with Gasteiger partial charge in [0.1, 0.15) is 13.2 Å². The fourth-order valence-corrected chi connectivity index (χ4v) is 7.08. The monoisotopic (exact) mass is 777 g/mol. The molecule has 0 N–H and O–H groups in total. The highest BCUT2D eigenvalue weighted by Crippen LogP contribution is 2.15. The van der Waals surface area contributed by atoms with E-state index in [1.165, 1.54) is 167 Å². The van der Waals surface area contributed by atoms with E-state index < -0.39 is 6.10 Å². The molecule has 0 aliphatic rings. The van der Waals surface area contributed by atoms with Gasteiger partial charge in [0.25, 0.3) is 0 Å². The lowest BCUT2D eigenvalue weighted by molar-refractivity contribution is -0.167. The van der Waals surface area contributed by atoms with Gasteiger partial charge in [-0.1, -0.05) is 213 Å². The molecule has 55 heavy (non-hydrogen) atoms. The lowest BCUT2D eigenvalue weighted by Gasteiger charge is -2.18. The number of carbonyl (C=O) groups is 3. The maximum Gasteiger partial charge on any atom is 0.306 e. The van der Waals surface area contributed by atoms with Crippen molar-refractivity contribution >= 4 is 17.9 Å². The van der Waals surface area contributed by atoms with E-state index in [0.29, 0.717) is 19.3 Å².